The first-order chi connectivity index (χ1) is 12.5. The third kappa shape index (κ3) is 3.75. The first kappa shape index (κ1) is 17.7. The Balaban J connectivity index is 1.90. The largest absolute Gasteiger partial charge is 0.493 e. The van der Waals surface area contributed by atoms with Crippen LogP contribution in [0, 0.1) is 0 Å². The fourth-order valence-corrected chi connectivity index (χ4v) is 2.68. The number of aromatic nitrogens is 1. The Kier molecular flexibility index (Phi) is 5.04. The fourth-order valence-electron chi connectivity index (χ4n) is 2.42. The second-order valence-electron chi connectivity index (χ2n) is 5.41. The smallest absolute Gasteiger partial charge is 0.227 e. The molecule has 2 N–H and O–H groups in total. The number of methoxy groups -OCH3 is 2. The van der Waals surface area contributed by atoms with Crippen LogP contribution >= 0.6 is 12.2 Å². The number of rotatable bonds is 4. The molecule has 3 rings (SSSR count). The van der Waals surface area contributed by atoms with Gasteiger partial charge in [0.2, 0.25) is 11.8 Å². The van der Waals surface area contributed by atoms with Gasteiger partial charge in [0.05, 0.1) is 14.2 Å². The SMILES string of the molecule is COc1ccc(-c2nc3cc(NC(=S)NC(C)=O)ccc3o2)cc1OC. The summed E-state index contributed by atoms with van der Waals surface area (Å²) in [6.07, 6.45) is 0. The van der Waals surface area contributed by atoms with Gasteiger partial charge in [0.1, 0.15) is 5.52 Å². The van der Waals surface area contributed by atoms with Crippen LogP contribution in [0.3, 0.4) is 0 Å². The Labute approximate surface area is 155 Å². The highest BCUT2D eigenvalue weighted by atomic mass is 32.1. The number of hydrogen-bond acceptors (Lipinski definition) is 6. The second-order valence-corrected chi connectivity index (χ2v) is 5.81. The molecule has 1 aromatic heterocycles. The van der Waals surface area contributed by atoms with E-state index in [0.29, 0.717) is 34.2 Å². The molecule has 1 amide bonds. The predicted molar refractivity (Wildman–Crippen MR) is 103 cm³/mol. The minimum atomic E-state index is -0.235. The van der Waals surface area contributed by atoms with Gasteiger partial charge in [0.25, 0.3) is 0 Å². The van der Waals surface area contributed by atoms with Crippen LogP contribution in [0.4, 0.5) is 5.69 Å². The highest BCUT2D eigenvalue weighted by Crippen LogP contribution is 2.33. The molecule has 0 aliphatic heterocycles. The molecule has 3 aromatic rings. The van der Waals surface area contributed by atoms with Gasteiger partial charge in [-0.15, -0.1) is 0 Å². The number of nitrogens with one attached hydrogen (secondary N) is 2. The monoisotopic (exact) mass is 371 g/mol. The zero-order chi connectivity index (χ0) is 18.7. The molecule has 0 unspecified atom stereocenters. The summed E-state index contributed by atoms with van der Waals surface area (Å²) in [6.45, 7) is 1.39. The first-order valence-corrected chi connectivity index (χ1v) is 8.12. The summed E-state index contributed by atoms with van der Waals surface area (Å²) in [5.41, 5.74) is 2.75. The van der Waals surface area contributed by atoms with E-state index in [4.69, 9.17) is 26.1 Å². The van der Waals surface area contributed by atoms with Gasteiger partial charge in [-0.05, 0) is 48.6 Å². The number of oxazole rings is 1. The van der Waals surface area contributed by atoms with Crippen LogP contribution in [0.15, 0.2) is 40.8 Å². The average molecular weight is 371 g/mol. The van der Waals surface area contributed by atoms with Gasteiger partial charge >= 0.3 is 0 Å². The average Bonchev–Trinajstić information content (AvgIpc) is 3.03. The van der Waals surface area contributed by atoms with Crippen LogP contribution in [-0.2, 0) is 4.79 Å². The molecule has 0 radical (unpaired) electrons. The minimum Gasteiger partial charge on any atom is -0.493 e. The van der Waals surface area contributed by atoms with Crippen molar-refractivity contribution >= 4 is 40.0 Å². The Hall–Kier alpha value is -3.13. The van der Waals surface area contributed by atoms with E-state index in [-0.39, 0.29) is 11.0 Å². The highest BCUT2D eigenvalue weighted by Gasteiger charge is 2.12. The molecular formula is C18H17N3O4S. The fraction of sp³-hybridized carbons (Fsp3) is 0.167. The number of thiocarbonyl (C=S) groups is 1. The molecule has 26 heavy (non-hydrogen) atoms. The third-order valence-corrected chi connectivity index (χ3v) is 3.77. The van der Waals surface area contributed by atoms with Crippen molar-refractivity contribution in [1.82, 2.24) is 10.3 Å². The maximum atomic E-state index is 11.0. The Bertz CT molecular complexity index is 984. The molecule has 0 saturated carbocycles. The summed E-state index contributed by atoms with van der Waals surface area (Å²) in [7, 11) is 3.15. The molecule has 0 fully saturated rings. The van der Waals surface area contributed by atoms with E-state index in [2.05, 4.69) is 15.6 Å². The van der Waals surface area contributed by atoms with Crippen LogP contribution in [-0.4, -0.2) is 30.2 Å². The lowest BCUT2D eigenvalue weighted by atomic mass is 10.2. The summed E-state index contributed by atoms with van der Waals surface area (Å²) >= 11 is 5.06. The summed E-state index contributed by atoms with van der Waals surface area (Å²) in [5, 5.41) is 5.66. The van der Waals surface area contributed by atoms with Crippen molar-refractivity contribution < 1.29 is 18.7 Å². The van der Waals surface area contributed by atoms with Crippen molar-refractivity contribution in [3.05, 3.63) is 36.4 Å². The summed E-state index contributed by atoms with van der Waals surface area (Å²) in [5.74, 6) is 1.45. The zero-order valence-corrected chi connectivity index (χ0v) is 15.3. The van der Waals surface area contributed by atoms with Crippen LogP contribution in [0.5, 0.6) is 11.5 Å². The van der Waals surface area contributed by atoms with E-state index >= 15 is 0 Å². The van der Waals surface area contributed by atoms with Gasteiger partial charge < -0.3 is 24.5 Å². The number of carbonyl (C=O) groups is 1. The second kappa shape index (κ2) is 7.40. The third-order valence-electron chi connectivity index (χ3n) is 3.57. The van der Waals surface area contributed by atoms with E-state index in [1.165, 1.54) is 6.92 Å². The van der Waals surface area contributed by atoms with Crippen LogP contribution in [0.2, 0.25) is 0 Å². The van der Waals surface area contributed by atoms with Gasteiger partial charge in [-0.2, -0.15) is 0 Å². The molecule has 0 spiro atoms. The van der Waals surface area contributed by atoms with Crippen LogP contribution < -0.4 is 20.1 Å². The lowest BCUT2D eigenvalue weighted by Gasteiger charge is -2.07. The topological polar surface area (TPSA) is 85.6 Å². The Morgan fingerprint density at radius 1 is 1.12 bits per heavy atom. The standard InChI is InChI=1S/C18H17N3O4S/c1-10(22)19-18(26)20-12-5-7-14-13(9-12)21-17(25-14)11-4-6-15(23-2)16(8-11)24-3/h4-9H,1-3H3,(H2,19,20,22,26). The molecule has 0 bridgehead atoms. The minimum absolute atomic E-state index is 0.223. The Morgan fingerprint density at radius 3 is 2.58 bits per heavy atom. The number of carbonyl (C=O) groups excluding carboxylic acids is 1. The van der Waals surface area contributed by atoms with Crippen molar-refractivity contribution in [2.75, 3.05) is 19.5 Å². The highest BCUT2D eigenvalue weighted by molar-refractivity contribution is 7.80. The van der Waals surface area contributed by atoms with Gasteiger partial charge in [-0.1, -0.05) is 0 Å². The lowest BCUT2D eigenvalue weighted by Crippen LogP contribution is -2.32. The van der Waals surface area contributed by atoms with Gasteiger partial charge in [0, 0.05) is 18.2 Å². The number of hydrogen-bond donors (Lipinski definition) is 2. The molecule has 0 aliphatic carbocycles. The van der Waals surface area contributed by atoms with E-state index in [1.807, 2.05) is 6.07 Å². The molecule has 2 aromatic carbocycles. The number of amides is 1. The van der Waals surface area contributed by atoms with Gasteiger partial charge in [-0.25, -0.2) is 4.98 Å². The first-order valence-electron chi connectivity index (χ1n) is 7.71. The summed E-state index contributed by atoms with van der Waals surface area (Å²) in [4.78, 5) is 15.5. The van der Waals surface area contributed by atoms with Crippen LogP contribution in [0.25, 0.3) is 22.6 Å². The van der Waals surface area contributed by atoms with E-state index in [1.54, 1.807) is 44.6 Å². The molecule has 7 nitrogen and oxygen atoms in total. The number of anilines is 1. The lowest BCUT2D eigenvalue weighted by molar-refractivity contribution is -0.117. The van der Waals surface area contributed by atoms with E-state index < -0.39 is 0 Å². The van der Waals surface area contributed by atoms with Crippen LogP contribution in [0.1, 0.15) is 6.92 Å². The molecule has 0 atom stereocenters. The van der Waals surface area contributed by atoms with Crippen molar-refractivity contribution in [2.24, 2.45) is 0 Å². The van der Waals surface area contributed by atoms with Gasteiger partial charge in [-0.3, -0.25) is 4.79 Å². The Morgan fingerprint density at radius 2 is 1.88 bits per heavy atom. The number of nitrogens with zero attached hydrogens (tertiary/aromatic N) is 1. The normalized spacial score (nSPS) is 10.4. The maximum absolute atomic E-state index is 11.0. The summed E-state index contributed by atoms with van der Waals surface area (Å²) < 4.78 is 16.4. The molecule has 1 heterocycles. The van der Waals surface area contributed by atoms with E-state index in [9.17, 15) is 4.79 Å². The summed E-state index contributed by atoms with van der Waals surface area (Å²) in [6, 6.07) is 10.8. The zero-order valence-electron chi connectivity index (χ0n) is 14.5. The number of ether oxygens (including phenoxy) is 2. The van der Waals surface area contributed by atoms with Crippen molar-refractivity contribution in [3.63, 3.8) is 0 Å². The number of fused-ring (bicyclic) bond motifs is 1. The maximum Gasteiger partial charge on any atom is 0.227 e. The quantitative estimate of drug-likeness (QED) is 0.680. The molecule has 0 saturated heterocycles. The number of benzene rings is 2. The molecular weight excluding hydrogens is 354 g/mol. The predicted octanol–water partition coefficient (Wildman–Crippen LogP) is 3.34. The molecule has 134 valence electrons. The van der Waals surface area contributed by atoms with Crippen molar-refractivity contribution in [1.29, 1.82) is 0 Å². The van der Waals surface area contributed by atoms with E-state index in [0.717, 1.165) is 5.56 Å². The van der Waals surface area contributed by atoms with Gasteiger partial charge in [0.15, 0.2) is 22.2 Å². The molecule has 0 aliphatic rings. The molecule has 8 heteroatoms. The van der Waals surface area contributed by atoms with Crippen molar-refractivity contribution in [2.45, 2.75) is 6.92 Å². The van der Waals surface area contributed by atoms with Crippen molar-refractivity contribution in [3.8, 4) is 23.0 Å².